The Morgan fingerprint density at radius 2 is 1.51 bits per heavy atom. The monoisotopic (exact) mass is 580 g/mol. The minimum atomic E-state index is -6.67. The van der Waals surface area contributed by atoms with Crippen molar-refractivity contribution < 1.29 is 63.0 Å². The third-order valence-corrected chi connectivity index (χ3v) is 9.39. The molecule has 4 rings (SSSR count). The molecule has 3 saturated carbocycles. The molecule has 4 nitrogen and oxygen atoms in total. The summed E-state index contributed by atoms with van der Waals surface area (Å²) in [6.45, 7) is 3.70. The van der Waals surface area contributed by atoms with E-state index in [1.807, 2.05) is 13.8 Å². The van der Waals surface area contributed by atoms with Gasteiger partial charge in [0.25, 0.3) is 0 Å². The van der Waals surface area contributed by atoms with Crippen LogP contribution in [0, 0.1) is 28.6 Å². The Hall–Kier alpha value is -2.28. The first kappa shape index (κ1) is 29.7. The van der Waals surface area contributed by atoms with E-state index in [0.29, 0.717) is 37.7 Å². The highest BCUT2D eigenvalue weighted by molar-refractivity contribution is 5.80. The van der Waals surface area contributed by atoms with Crippen molar-refractivity contribution in [2.24, 2.45) is 28.6 Å². The number of rotatable bonds is 4. The maximum Gasteiger partial charge on any atom is 0.490 e. The van der Waals surface area contributed by atoms with E-state index in [9.17, 15) is 53.5 Å². The Morgan fingerprint density at radius 3 is 2.10 bits per heavy atom. The van der Waals surface area contributed by atoms with Gasteiger partial charge in [-0.1, -0.05) is 19.4 Å². The highest BCUT2D eigenvalue weighted by atomic mass is 19.4. The van der Waals surface area contributed by atoms with Crippen LogP contribution in [0.15, 0.2) is 23.5 Å². The number of alkyl halides is 10. The van der Waals surface area contributed by atoms with Gasteiger partial charge in [-0.3, -0.25) is 0 Å². The average molecular weight is 580 g/mol. The van der Waals surface area contributed by atoms with Crippen molar-refractivity contribution >= 4 is 11.9 Å². The van der Waals surface area contributed by atoms with Crippen LogP contribution >= 0.6 is 0 Å². The molecule has 0 aromatic rings. The number of ether oxygens (including phenoxy) is 2. The molecule has 39 heavy (non-hydrogen) atoms. The number of halogens is 10. The maximum atomic E-state index is 13.7. The first-order chi connectivity index (χ1) is 17.7. The molecule has 220 valence electrons. The molecule has 0 amide bonds. The van der Waals surface area contributed by atoms with Crippen molar-refractivity contribution in [3.63, 3.8) is 0 Å². The molecule has 0 aromatic heterocycles. The molecule has 3 fully saturated rings. The minimum absolute atomic E-state index is 0.0165. The summed E-state index contributed by atoms with van der Waals surface area (Å²) in [5, 5.41) is 0. The number of hydrogen-bond acceptors (Lipinski definition) is 4. The van der Waals surface area contributed by atoms with Crippen molar-refractivity contribution in [3.05, 3.63) is 23.5 Å². The van der Waals surface area contributed by atoms with Crippen LogP contribution in [0.2, 0.25) is 0 Å². The number of allylic oxidation sites excluding steroid dienone is 3. The van der Waals surface area contributed by atoms with Crippen LogP contribution in [-0.4, -0.2) is 42.2 Å². The molecule has 0 bridgehead atoms. The highest BCUT2D eigenvalue weighted by Gasteiger charge is 2.77. The second-order valence-electron chi connectivity index (χ2n) is 11.4. The number of carbonyl (C=O) groups excluding carboxylic acids is 2. The largest absolute Gasteiger partial charge is 0.490 e. The zero-order chi connectivity index (χ0) is 29.4. The minimum Gasteiger partial charge on any atom is -0.455 e. The van der Waals surface area contributed by atoms with Crippen LogP contribution in [0.5, 0.6) is 0 Å². The van der Waals surface area contributed by atoms with E-state index >= 15 is 0 Å². The van der Waals surface area contributed by atoms with Gasteiger partial charge in [0.05, 0.1) is 0 Å². The van der Waals surface area contributed by atoms with Crippen LogP contribution < -0.4 is 0 Å². The quantitative estimate of drug-likeness (QED) is 0.259. The van der Waals surface area contributed by atoms with Gasteiger partial charge in [-0.2, -0.15) is 43.9 Å². The topological polar surface area (TPSA) is 52.6 Å². The summed E-state index contributed by atoms with van der Waals surface area (Å²) in [6, 6.07) is 0. The van der Waals surface area contributed by atoms with E-state index < -0.39 is 58.8 Å². The van der Waals surface area contributed by atoms with Crippen molar-refractivity contribution in [1.82, 2.24) is 0 Å². The Balaban J connectivity index is 1.49. The van der Waals surface area contributed by atoms with Crippen LogP contribution in [-0.2, 0) is 19.1 Å². The molecular weight excluding hydrogens is 554 g/mol. The lowest BCUT2D eigenvalue weighted by molar-refractivity contribution is -0.347. The fraction of sp³-hybridized carbons (Fsp3) is 0.760. The van der Waals surface area contributed by atoms with Crippen LogP contribution in [0.3, 0.4) is 0 Å². The molecular formula is C25H26F10O4. The number of esters is 2. The van der Waals surface area contributed by atoms with Gasteiger partial charge in [0, 0.05) is 5.41 Å². The maximum absolute atomic E-state index is 13.7. The zero-order valence-corrected chi connectivity index (χ0v) is 20.8. The van der Waals surface area contributed by atoms with E-state index in [4.69, 9.17) is 4.74 Å². The van der Waals surface area contributed by atoms with Gasteiger partial charge in [0.2, 0.25) is 0 Å². The van der Waals surface area contributed by atoms with Crippen molar-refractivity contribution in [1.29, 1.82) is 0 Å². The van der Waals surface area contributed by atoms with E-state index in [2.05, 4.69) is 4.74 Å². The van der Waals surface area contributed by atoms with Gasteiger partial charge in [-0.05, 0) is 80.3 Å². The van der Waals surface area contributed by atoms with Gasteiger partial charge >= 0.3 is 36.1 Å². The standard InChI is InChI=1S/C25H26F10O4/c1-20-9-7-13(38-18(36)22(26,27)24(31,32)25(33,34)35)11-12(20)3-4-14-15-5-6-17(39-19(37)23(28,29)30)21(15,2)10-8-16(14)20/h7,11,14-17H,3-6,8-10H2,1-2H3/t14?,15?,16?,17-,20-,21-/m0/s1. The van der Waals surface area contributed by atoms with Gasteiger partial charge in [0.1, 0.15) is 11.9 Å². The third-order valence-electron chi connectivity index (χ3n) is 9.39. The summed E-state index contributed by atoms with van der Waals surface area (Å²) in [6.07, 6.45) is -7.40. The molecule has 0 saturated heterocycles. The lowest BCUT2D eigenvalue weighted by Crippen LogP contribution is -2.56. The Bertz CT molecular complexity index is 1090. The Morgan fingerprint density at radius 1 is 0.872 bits per heavy atom. The fourth-order valence-corrected chi connectivity index (χ4v) is 7.28. The summed E-state index contributed by atoms with van der Waals surface area (Å²) in [7, 11) is 0. The van der Waals surface area contributed by atoms with Crippen molar-refractivity contribution in [2.45, 2.75) is 89.1 Å². The molecule has 14 heteroatoms. The zero-order valence-electron chi connectivity index (χ0n) is 20.8. The van der Waals surface area contributed by atoms with E-state index in [1.54, 1.807) is 0 Å². The predicted molar refractivity (Wildman–Crippen MR) is 113 cm³/mol. The second kappa shape index (κ2) is 9.12. The average Bonchev–Trinajstić information content (AvgIpc) is 3.13. The second-order valence-corrected chi connectivity index (χ2v) is 11.4. The normalized spacial score (nSPS) is 35.2. The van der Waals surface area contributed by atoms with Gasteiger partial charge in [0.15, 0.2) is 0 Å². The molecule has 0 aromatic carbocycles. The predicted octanol–water partition coefficient (Wildman–Crippen LogP) is 7.29. The lowest BCUT2D eigenvalue weighted by atomic mass is 9.48. The first-order valence-electron chi connectivity index (χ1n) is 12.4. The SMILES string of the molecule is C[C@]12CC=C(OC(=O)C(F)(F)C(F)(F)C(F)(F)F)C=C1CCC1C2CC[C@@]2(C)C1CC[C@@H]2OC(=O)C(F)(F)F. The molecule has 0 aliphatic heterocycles. The number of hydrogen-bond donors (Lipinski definition) is 0. The highest BCUT2D eigenvalue weighted by Crippen LogP contribution is 2.65. The summed E-state index contributed by atoms with van der Waals surface area (Å²) in [5.41, 5.74) is -0.596. The number of carbonyl (C=O) groups is 2. The molecule has 4 aliphatic rings. The molecule has 4 aliphatic carbocycles. The summed E-state index contributed by atoms with van der Waals surface area (Å²) < 4.78 is 139. The molecule has 3 unspecified atom stereocenters. The molecule has 0 N–H and O–H groups in total. The fourth-order valence-electron chi connectivity index (χ4n) is 7.28. The first-order valence-corrected chi connectivity index (χ1v) is 12.4. The van der Waals surface area contributed by atoms with Crippen LogP contribution in [0.25, 0.3) is 0 Å². The summed E-state index contributed by atoms with van der Waals surface area (Å²) >= 11 is 0. The smallest absolute Gasteiger partial charge is 0.455 e. The van der Waals surface area contributed by atoms with E-state index in [1.165, 1.54) is 12.2 Å². The molecule has 0 spiro atoms. The molecule has 0 radical (unpaired) electrons. The van der Waals surface area contributed by atoms with Gasteiger partial charge in [-0.25, -0.2) is 9.59 Å². The van der Waals surface area contributed by atoms with Crippen molar-refractivity contribution in [2.75, 3.05) is 0 Å². The van der Waals surface area contributed by atoms with Crippen LogP contribution in [0.1, 0.15) is 58.8 Å². The van der Waals surface area contributed by atoms with E-state index in [0.717, 1.165) is 0 Å². The number of fused-ring (bicyclic) bond motifs is 5. The van der Waals surface area contributed by atoms with E-state index in [-0.39, 0.29) is 30.6 Å². The van der Waals surface area contributed by atoms with Gasteiger partial charge < -0.3 is 9.47 Å². The Labute approximate surface area is 216 Å². The molecule has 0 heterocycles. The van der Waals surface area contributed by atoms with Gasteiger partial charge in [-0.15, -0.1) is 0 Å². The molecule has 6 atom stereocenters. The summed E-state index contributed by atoms with van der Waals surface area (Å²) in [4.78, 5) is 23.2. The Kier molecular flexibility index (Phi) is 6.94. The summed E-state index contributed by atoms with van der Waals surface area (Å²) in [5.74, 6) is -18.6. The lowest BCUT2D eigenvalue weighted by Gasteiger charge is -2.57. The van der Waals surface area contributed by atoms with Crippen molar-refractivity contribution in [3.8, 4) is 0 Å². The third kappa shape index (κ3) is 4.62. The van der Waals surface area contributed by atoms with Crippen LogP contribution in [0.4, 0.5) is 43.9 Å².